The van der Waals surface area contributed by atoms with Gasteiger partial charge in [-0.2, -0.15) is 0 Å². The van der Waals surface area contributed by atoms with Crippen LogP contribution in [0.5, 0.6) is 0 Å². The van der Waals surface area contributed by atoms with Gasteiger partial charge in [-0.15, -0.1) is 34.2 Å². The van der Waals surface area contributed by atoms with Gasteiger partial charge >= 0.3 is 0 Å². The Kier molecular flexibility index (Phi) is 6.45. The van der Waals surface area contributed by atoms with E-state index in [1.54, 1.807) is 0 Å². The summed E-state index contributed by atoms with van der Waals surface area (Å²) in [7, 11) is 0. The van der Waals surface area contributed by atoms with Crippen LogP contribution >= 0.6 is 24.0 Å². The van der Waals surface area contributed by atoms with Crippen LogP contribution in [0.2, 0.25) is 0 Å². The number of hydrogen-bond acceptors (Lipinski definition) is 4. The lowest BCUT2D eigenvalue weighted by atomic mass is 10.4. The number of aromatic nitrogens is 5. The standard InChI is InChI=1S/C19H22N8.HI/c1-3-20-19(22-12-18-25-24-17-8-4-5-10-26(17)18)21-11-15-13-27-14(2)7-6-9-16(27)23-15;/h4-10,13H,3,11-12H2,1-2H3,(H2,20,21,22);1H. The Bertz CT molecular complexity index is 1100. The third kappa shape index (κ3) is 4.24. The van der Waals surface area contributed by atoms with Crippen molar-refractivity contribution in [3.63, 3.8) is 0 Å². The average molecular weight is 490 g/mol. The molecule has 0 atom stereocenters. The van der Waals surface area contributed by atoms with Crippen molar-refractivity contribution in [2.45, 2.75) is 26.9 Å². The van der Waals surface area contributed by atoms with Crippen LogP contribution in [-0.2, 0) is 13.1 Å². The Morgan fingerprint density at radius 3 is 2.71 bits per heavy atom. The predicted molar refractivity (Wildman–Crippen MR) is 120 cm³/mol. The number of fused-ring (bicyclic) bond motifs is 2. The van der Waals surface area contributed by atoms with E-state index >= 15 is 0 Å². The summed E-state index contributed by atoms with van der Waals surface area (Å²) in [5.41, 5.74) is 3.85. The lowest BCUT2D eigenvalue weighted by Crippen LogP contribution is -2.37. The topological polar surface area (TPSA) is 83.9 Å². The molecule has 28 heavy (non-hydrogen) atoms. The molecule has 0 aliphatic carbocycles. The van der Waals surface area contributed by atoms with E-state index in [1.807, 2.05) is 54.0 Å². The molecule has 4 heterocycles. The smallest absolute Gasteiger partial charge is 0.192 e. The third-order valence-electron chi connectivity index (χ3n) is 4.29. The molecule has 0 aliphatic rings. The Morgan fingerprint density at radius 1 is 1.04 bits per heavy atom. The molecule has 4 rings (SSSR count). The minimum absolute atomic E-state index is 0. The summed E-state index contributed by atoms with van der Waals surface area (Å²) in [6.07, 6.45) is 3.99. The average Bonchev–Trinajstić information content (AvgIpc) is 3.29. The Labute approximate surface area is 180 Å². The van der Waals surface area contributed by atoms with Crippen LogP contribution in [0.4, 0.5) is 0 Å². The number of imidazole rings is 1. The van der Waals surface area contributed by atoms with Crippen molar-refractivity contribution in [1.29, 1.82) is 0 Å². The van der Waals surface area contributed by atoms with E-state index in [4.69, 9.17) is 0 Å². The van der Waals surface area contributed by atoms with E-state index in [1.165, 1.54) is 0 Å². The van der Waals surface area contributed by atoms with Crippen molar-refractivity contribution in [3.8, 4) is 0 Å². The van der Waals surface area contributed by atoms with Gasteiger partial charge in [0.25, 0.3) is 0 Å². The molecule has 9 heteroatoms. The van der Waals surface area contributed by atoms with Crippen molar-refractivity contribution in [3.05, 3.63) is 66.0 Å². The van der Waals surface area contributed by atoms with Crippen molar-refractivity contribution in [2.24, 2.45) is 4.99 Å². The number of nitrogens with one attached hydrogen (secondary N) is 2. The fourth-order valence-corrected chi connectivity index (χ4v) is 2.95. The summed E-state index contributed by atoms with van der Waals surface area (Å²) in [5.74, 6) is 1.55. The lowest BCUT2D eigenvalue weighted by molar-refractivity contribution is 0.764. The number of guanidine groups is 1. The first-order chi connectivity index (χ1) is 13.2. The highest BCUT2D eigenvalue weighted by Gasteiger charge is 2.07. The summed E-state index contributed by atoms with van der Waals surface area (Å²) >= 11 is 0. The number of rotatable bonds is 5. The minimum atomic E-state index is 0. The maximum absolute atomic E-state index is 4.65. The maximum Gasteiger partial charge on any atom is 0.192 e. The van der Waals surface area contributed by atoms with Crippen molar-refractivity contribution in [1.82, 2.24) is 34.6 Å². The van der Waals surface area contributed by atoms with E-state index in [-0.39, 0.29) is 24.0 Å². The van der Waals surface area contributed by atoms with Gasteiger partial charge in [-0.25, -0.2) is 9.98 Å². The molecular weight excluding hydrogens is 467 g/mol. The van der Waals surface area contributed by atoms with Gasteiger partial charge < -0.3 is 15.0 Å². The second-order valence-electron chi connectivity index (χ2n) is 6.22. The van der Waals surface area contributed by atoms with Crippen LogP contribution in [0.3, 0.4) is 0 Å². The Balaban J connectivity index is 0.00000225. The van der Waals surface area contributed by atoms with Gasteiger partial charge in [-0.05, 0) is 38.1 Å². The quantitative estimate of drug-likeness (QED) is 0.255. The number of nitrogens with zero attached hydrogens (tertiary/aromatic N) is 6. The minimum Gasteiger partial charge on any atom is -0.357 e. The molecule has 0 amide bonds. The number of hydrogen-bond donors (Lipinski definition) is 2. The highest BCUT2D eigenvalue weighted by Crippen LogP contribution is 2.09. The van der Waals surface area contributed by atoms with Crippen LogP contribution in [0, 0.1) is 6.92 Å². The second kappa shape index (κ2) is 9.00. The molecular formula is C19H23IN8. The van der Waals surface area contributed by atoms with Gasteiger partial charge in [0.2, 0.25) is 0 Å². The Hall–Kier alpha value is -2.69. The number of aryl methyl sites for hydroxylation is 1. The molecule has 0 saturated carbocycles. The van der Waals surface area contributed by atoms with E-state index in [2.05, 4.69) is 48.2 Å². The van der Waals surface area contributed by atoms with Gasteiger partial charge in [0.05, 0.1) is 18.8 Å². The van der Waals surface area contributed by atoms with Crippen molar-refractivity contribution < 1.29 is 0 Å². The van der Waals surface area contributed by atoms with Crippen molar-refractivity contribution in [2.75, 3.05) is 6.54 Å². The highest BCUT2D eigenvalue weighted by molar-refractivity contribution is 14.0. The van der Waals surface area contributed by atoms with Gasteiger partial charge in [0.1, 0.15) is 5.65 Å². The molecule has 0 unspecified atom stereocenters. The molecule has 146 valence electrons. The van der Waals surface area contributed by atoms with E-state index in [0.29, 0.717) is 13.1 Å². The predicted octanol–water partition coefficient (Wildman–Crippen LogP) is 2.56. The number of halogens is 1. The molecule has 0 fully saturated rings. The summed E-state index contributed by atoms with van der Waals surface area (Å²) in [4.78, 5) is 9.28. The first-order valence-corrected chi connectivity index (χ1v) is 8.99. The van der Waals surface area contributed by atoms with Crippen LogP contribution < -0.4 is 10.6 Å². The molecule has 0 bridgehead atoms. The summed E-state index contributed by atoms with van der Waals surface area (Å²) in [6, 6.07) is 11.9. The number of aliphatic imine (C=N–C) groups is 1. The first kappa shape index (κ1) is 20.1. The molecule has 8 nitrogen and oxygen atoms in total. The zero-order valence-corrected chi connectivity index (χ0v) is 18.2. The van der Waals surface area contributed by atoms with E-state index in [0.717, 1.165) is 41.0 Å². The normalized spacial score (nSPS) is 11.6. The largest absolute Gasteiger partial charge is 0.357 e. The fourth-order valence-electron chi connectivity index (χ4n) is 2.95. The molecule has 0 saturated heterocycles. The molecule has 4 aromatic heterocycles. The molecule has 0 spiro atoms. The van der Waals surface area contributed by atoms with Gasteiger partial charge in [0.15, 0.2) is 17.4 Å². The fraction of sp³-hybridized carbons (Fsp3) is 0.263. The zero-order chi connectivity index (χ0) is 18.6. The SMILES string of the molecule is CCNC(=NCc1cn2c(C)cccc2n1)NCc1nnc2ccccn12.I. The van der Waals surface area contributed by atoms with Gasteiger partial charge in [0, 0.05) is 24.6 Å². The van der Waals surface area contributed by atoms with E-state index in [9.17, 15) is 0 Å². The summed E-state index contributed by atoms with van der Waals surface area (Å²) in [6.45, 7) is 5.91. The van der Waals surface area contributed by atoms with Crippen LogP contribution in [-0.4, -0.2) is 36.5 Å². The molecule has 0 radical (unpaired) electrons. The van der Waals surface area contributed by atoms with Gasteiger partial charge in [-0.3, -0.25) is 4.40 Å². The molecule has 0 aromatic carbocycles. The van der Waals surface area contributed by atoms with Gasteiger partial charge in [-0.1, -0.05) is 12.1 Å². The van der Waals surface area contributed by atoms with Crippen LogP contribution in [0.25, 0.3) is 11.3 Å². The monoisotopic (exact) mass is 490 g/mol. The third-order valence-corrected chi connectivity index (χ3v) is 4.29. The number of pyridine rings is 2. The Morgan fingerprint density at radius 2 is 1.89 bits per heavy atom. The van der Waals surface area contributed by atoms with E-state index < -0.39 is 0 Å². The highest BCUT2D eigenvalue weighted by atomic mass is 127. The van der Waals surface area contributed by atoms with Crippen LogP contribution in [0.15, 0.2) is 53.8 Å². The molecule has 0 aliphatic heterocycles. The zero-order valence-electron chi connectivity index (χ0n) is 15.8. The first-order valence-electron chi connectivity index (χ1n) is 8.99. The molecule has 4 aromatic rings. The molecule has 2 N–H and O–H groups in total. The summed E-state index contributed by atoms with van der Waals surface area (Å²) < 4.78 is 4.04. The lowest BCUT2D eigenvalue weighted by Gasteiger charge is -2.10. The maximum atomic E-state index is 4.65. The van der Waals surface area contributed by atoms with Crippen molar-refractivity contribution >= 4 is 41.2 Å². The summed E-state index contributed by atoms with van der Waals surface area (Å²) in [5, 5.41) is 15.0. The second-order valence-corrected chi connectivity index (χ2v) is 6.22. The van der Waals surface area contributed by atoms with Crippen LogP contribution in [0.1, 0.15) is 24.1 Å².